The largest absolute Gasteiger partial charge is 0.398 e. The third kappa shape index (κ3) is 4.03. The van der Waals surface area contributed by atoms with Crippen LogP contribution in [-0.2, 0) is 4.79 Å². The Morgan fingerprint density at radius 3 is 2.59 bits per heavy atom. The molecular weight excluding hydrogens is 367 g/mol. The van der Waals surface area contributed by atoms with Gasteiger partial charge in [-0.05, 0) is 80.6 Å². The predicted octanol–water partition coefficient (Wildman–Crippen LogP) is 3.43. The Morgan fingerprint density at radius 1 is 1.17 bits per heavy atom. The number of nitrogens with two attached hydrogens (primary N) is 1. The second-order valence-electron chi connectivity index (χ2n) is 8.28. The number of piperidine rings is 1. The third-order valence-corrected chi connectivity index (χ3v) is 6.37. The number of hydrogen-bond acceptors (Lipinski definition) is 4. The van der Waals surface area contributed by atoms with Crippen LogP contribution < -0.4 is 11.1 Å². The highest BCUT2D eigenvalue weighted by molar-refractivity contribution is 6.45. The number of fused-ring (bicyclic) bond motifs is 1. The number of nitrogen functional groups attached to an aromatic ring is 1. The van der Waals surface area contributed by atoms with Gasteiger partial charge in [0.25, 0.3) is 5.91 Å². The molecule has 2 fully saturated rings. The zero-order chi connectivity index (χ0) is 20.5. The number of halogens is 1. The number of nitrogens with one attached hydrogen (secondary N) is 2. The number of nitrogens with zero attached hydrogens (tertiary/aromatic N) is 1. The molecule has 2 aromatic rings. The van der Waals surface area contributed by atoms with E-state index in [0.29, 0.717) is 23.2 Å². The first-order valence-electron chi connectivity index (χ1n) is 10.2. The molecule has 2 aromatic carbocycles. The van der Waals surface area contributed by atoms with Crippen molar-refractivity contribution in [1.82, 2.24) is 10.2 Å². The van der Waals surface area contributed by atoms with Gasteiger partial charge in [0.1, 0.15) is 11.5 Å². The molecular formula is C23H27FN4O. The van der Waals surface area contributed by atoms with Crippen molar-refractivity contribution in [2.45, 2.75) is 37.8 Å². The Labute approximate surface area is 170 Å². The average Bonchev–Trinajstić information content (AvgIpc) is 3.12. The molecule has 1 aliphatic heterocycles. The van der Waals surface area contributed by atoms with Crippen LogP contribution in [0.4, 0.5) is 10.1 Å². The Morgan fingerprint density at radius 2 is 1.90 bits per heavy atom. The van der Waals surface area contributed by atoms with E-state index in [1.165, 1.54) is 25.0 Å². The maximum Gasteiger partial charge on any atom is 0.270 e. The minimum atomic E-state index is -0.377. The maximum absolute atomic E-state index is 13.1. The first-order valence-corrected chi connectivity index (χ1v) is 10.2. The summed E-state index contributed by atoms with van der Waals surface area (Å²) < 4.78 is 13.1. The fraction of sp³-hybridized carbons (Fsp3) is 0.391. The van der Waals surface area contributed by atoms with Crippen LogP contribution in [-0.4, -0.2) is 42.2 Å². The molecule has 29 heavy (non-hydrogen) atoms. The minimum Gasteiger partial charge on any atom is -0.398 e. The van der Waals surface area contributed by atoms with Crippen LogP contribution in [0.2, 0.25) is 0 Å². The van der Waals surface area contributed by atoms with Crippen LogP contribution >= 0.6 is 0 Å². The van der Waals surface area contributed by atoms with Gasteiger partial charge in [-0.2, -0.15) is 0 Å². The number of carbonyl (C=O) groups is 1. The molecule has 2 aliphatic rings. The van der Waals surface area contributed by atoms with Gasteiger partial charge in [0.15, 0.2) is 0 Å². The summed E-state index contributed by atoms with van der Waals surface area (Å²) in [6.07, 6.45) is 4.36. The van der Waals surface area contributed by atoms with E-state index in [-0.39, 0.29) is 23.5 Å². The molecule has 0 aromatic heterocycles. The Kier molecular flexibility index (Phi) is 5.37. The first-order chi connectivity index (χ1) is 13.9. The van der Waals surface area contributed by atoms with Gasteiger partial charge in [0.05, 0.1) is 0 Å². The van der Waals surface area contributed by atoms with E-state index >= 15 is 0 Å². The van der Waals surface area contributed by atoms with Crippen LogP contribution in [0, 0.1) is 17.1 Å². The SMILES string of the molecule is CN1CCCC2CC(NC(=O)C(=N)c3ccc(-c4ccc(F)cc4)cc3N)CC21. The van der Waals surface area contributed by atoms with E-state index in [1.54, 1.807) is 30.3 Å². The van der Waals surface area contributed by atoms with Crippen molar-refractivity contribution in [3.05, 3.63) is 53.8 Å². The van der Waals surface area contributed by atoms with E-state index in [2.05, 4.69) is 17.3 Å². The summed E-state index contributed by atoms with van der Waals surface area (Å²) in [7, 11) is 2.16. The number of amides is 1. The molecule has 3 unspecified atom stereocenters. The predicted molar refractivity (Wildman–Crippen MR) is 113 cm³/mol. The highest BCUT2D eigenvalue weighted by atomic mass is 19.1. The first kappa shape index (κ1) is 19.6. The second-order valence-corrected chi connectivity index (χ2v) is 8.28. The minimum absolute atomic E-state index is 0.109. The second kappa shape index (κ2) is 7.95. The summed E-state index contributed by atoms with van der Waals surface area (Å²) in [6, 6.07) is 12.0. The monoisotopic (exact) mass is 394 g/mol. The summed E-state index contributed by atoms with van der Waals surface area (Å²) in [6.45, 7) is 1.12. The molecule has 1 heterocycles. The molecule has 4 rings (SSSR count). The van der Waals surface area contributed by atoms with Crippen molar-refractivity contribution in [2.75, 3.05) is 19.3 Å². The quantitative estimate of drug-likeness (QED) is 0.549. The molecule has 1 aliphatic carbocycles. The molecule has 1 saturated carbocycles. The van der Waals surface area contributed by atoms with Crippen LogP contribution in [0.5, 0.6) is 0 Å². The van der Waals surface area contributed by atoms with E-state index < -0.39 is 0 Å². The van der Waals surface area contributed by atoms with Crippen molar-refractivity contribution in [2.24, 2.45) is 5.92 Å². The lowest BCUT2D eigenvalue weighted by Crippen LogP contribution is -2.41. The van der Waals surface area contributed by atoms with Gasteiger partial charge in [0.2, 0.25) is 0 Å². The lowest BCUT2D eigenvalue weighted by atomic mass is 9.92. The number of likely N-dealkylation sites (tertiary alicyclic amines) is 1. The number of hydrogen-bond donors (Lipinski definition) is 3. The number of rotatable bonds is 4. The van der Waals surface area contributed by atoms with Crippen molar-refractivity contribution < 1.29 is 9.18 Å². The van der Waals surface area contributed by atoms with Crippen molar-refractivity contribution in [3.63, 3.8) is 0 Å². The molecule has 152 valence electrons. The summed E-state index contributed by atoms with van der Waals surface area (Å²) >= 11 is 0. The number of carbonyl (C=O) groups excluding carboxylic acids is 1. The number of anilines is 1. The summed E-state index contributed by atoms with van der Waals surface area (Å²) in [4.78, 5) is 15.1. The average molecular weight is 394 g/mol. The van der Waals surface area contributed by atoms with Crippen molar-refractivity contribution >= 4 is 17.3 Å². The van der Waals surface area contributed by atoms with Crippen LogP contribution in [0.15, 0.2) is 42.5 Å². The number of benzene rings is 2. The summed E-state index contributed by atoms with van der Waals surface area (Å²) in [5, 5.41) is 11.4. The van der Waals surface area contributed by atoms with E-state index in [9.17, 15) is 9.18 Å². The molecule has 0 bridgehead atoms. The molecule has 5 nitrogen and oxygen atoms in total. The Bertz CT molecular complexity index is 927. The summed E-state index contributed by atoms with van der Waals surface area (Å²) in [5.74, 6) is -0.0411. The lowest BCUT2D eigenvalue weighted by Gasteiger charge is -2.34. The Balaban J connectivity index is 1.44. The van der Waals surface area contributed by atoms with Crippen LogP contribution in [0.25, 0.3) is 11.1 Å². The highest BCUT2D eigenvalue weighted by Crippen LogP contribution is 2.36. The zero-order valence-corrected chi connectivity index (χ0v) is 16.6. The fourth-order valence-corrected chi connectivity index (χ4v) is 4.83. The highest BCUT2D eigenvalue weighted by Gasteiger charge is 2.39. The molecule has 1 amide bonds. The van der Waals surface area contributed by atoms with E-state index in [0.717, 1.165) is 30.5 Å². The smallest absolute Gasteiger partial charge is 0.270 e. The van der Waals surface area contributed by atoms with Crippen molar-refractivity contribution in [1.29, 1.82) is 5.41 Å². The molecule has 0 radical (unpaired) electrons. The van der Waals surface area contributed by atoms with Gasteiger partial charge < -0.3 is 16.0 Å². The van der Waals surface area contributed by atoms with Gasteiger partial charge in [0, 0.05) is 23.3 Å². The fourth-order valence-electron chi connectivity index (χ4n) is 4.83. The summed E-state index contributed by atoms with van der Waals surface area (Å²) in [5.41, 5.74) is 8.47. The van der Waals surface area contributed by atoms with Crippen LogP contribution in [0.3, 0.4) is 0 Å². The molecule has 3 atom stereocenters. The van der Waals surface area contributed by atoms with E-state index in [1.807, 2.05) is 0 Å². The van der Waals surface area contributed by atoms with Gasteiger partial charge in [-0.1, -0.05) is 18.2 Å². The van der Waals surface area contributed by atoms with Gasteiger partial charge in [-0.25, -0.2) is 4.39 Å². The third-order valence-electron chi connectivity index (χ3n) is 6.37. The molecule has 0 spiro atoms. The lowest BCUT2D eigenvalue weighted by molar-refractivity contribution is -0.115. The van der Waals surface area contributed by atoms with Gasteiger partial charge in [-0.15, -0.1) is 0 Å². The normalized spacial score (nSPS) is 24.1. The maximum atomic E-state index is 13.1. The molecule has 4 N–H and O–H groups in total. The Hall–Kier alpha value is -2.73. The zero-order valence-electron chi connectivity index (χ0n) is 16.6. The van der Waals surface area contributed by atoms with Gasteiger partial charge >= 0.3 is 0 Å². The van der Waals surface area contributed by atoms with E-state index in [4.69, 9.17) is 11.1 Å². The van der Waals surface area contributed by atoms with Crippen molar-refractivity contribution in [3.8, 4) is 11.1 Å². The molecule has 6 heteroatoms. The standard InChI is InChI=1S/C23H27FN4O/c1-28-10-2-3-16-11-18(13-21(16)28)27-23(29)22(26)19-9-6-15(12-20(19)25)14-4-7-17(24)8-5-14/h4-9,12,16,18,21,26H,2-3,10-11,13,25H2,1H3,(H,27,29). The van der Waals surface area contributed by atoms with Gasteiger partial charge in [-0.3, -0.25) is 10.2 Å². The van der Waals surface area contributed by atoms with Crippen LogP contribution in [0.1, 0.15) is 31.2 Å². The molecule has 1 saturated heterocycles. The topological polar surface area (TPSA) is 82.2 Å².